The molecule has 0 spiro atoms. The summed E-state index contributed by atoms with van der Waals surface area (Å²) in [6, 6.07) is 0.254. The largest absolute Gasteiger partial charge is 0.324 e. The molecule has 0 saturated heterocycles. The molecule has 0 radical (unpaired) electrons. The number of rotatable bonds is 5. The molecule has 4 aliphatic rings. The molecule has 3 fully saturated rings. The van der Waals surface area contributed by atoms with Gasteiger partial charge in [-0.15, -0.1) is 11.6 Å². The van der Waals surface area contributed by atoms with Crippen LogP contribution in [-0.4, -0.2) is 11.4 Å². The Morgan fingerprint density at radius 1 is 1.03 bits per heavy atom. The first-order valence-electron chi connectivity index (χ1n) is 12.8. The SMILES string of the molecule is CC(C)CCC[C@H](C)[C@H]1CC[C@H]2[C@@H]3[C@H](N)C=C4C[C@@H](Cl)CC[C@]4(C)[C@H]3CC[C@]12C. The van der Waals surface area contributed by atoms with E-state index in [1.165, 1.54) is 57.8 Å². The van der Waals surface area contributed by atoms with Crippen molar-refractivity contribution in [3.63, 3.8) is 0 Å². The van der Waals surface area contributed by atoms with Crippen molar-refractivity contribution in [1.82, 2.24) is 0 Å². The predicted molar refractivity (Wildman–Crippen MR) is 126 cm³/mol. The van der Waals surface area contributed by atoms with Crippen LogP contribution in [0.5, 0.6) is 0 Å². The van der Waals surface area contributed by atoms with Crippen molar-refractivity contribution >= 4 is 11.6 Å². The summed E-state index contributed by atoms with van der Waals surface area (Å²) in [5, 5.41) is 0.328. The molecule has 3 saturated carbocycles. The molecule has 0 heterocycles. The first-order valence-corrected chi connectivity index (χ1v) is 13.2. The minimum atomic E-state index is 0.254. The molecule has 4 aliphatic carbocycles. The summed E-state index contributed by atoms with van der Waals surface area (Å²) in [4.78, 5) is 0. The van der Waals surface area contributed by atoms with Gasteiger partial charge in [0.15, 0.2) is 0 Å². The van der Waals surface area contributed by atoms with Crippen LogP contribution in [0.4, 0.5) is 0 Å². The Morgan fingerprint density at radius 2 is 1.79 bits per heavy atom. The summed E-state index contributed by atoms with van der Waals surface area (Å²) in [6.45, 7) is 12.5. The van der Waals surface area contributed by atoms with E-state index in [2.05, 4.69) is 40.7 Å². The van der Waals surface area contributed by atoms with Gasteiger partial charge in [-0.2, -0.15) is 0 Å². The van der Waals surface area contributed by atoms with E-state index >= 15 is 0 Å². The normalized spacial score (nSPS) is 47.9. The van der Waals surface area contributed by atoms with Crippen LogP contribution in [0, 0.1) is 46.3 Å². The summed E-state index contributed by atoms with van der Waals surface area (Å²) in [7, 11) is 0. The lowest BCUT2D eigenvalue weighted by atomic mass is 9.46. The smallest absolute Gasteiger partial charge is 0.0373 e. The Morgan fingerprint density at radius 3 is 2.52 bits per heavy atom. The minimum Gasteiger partial charge on any atom is -0.324 e. The number of allylic oxidation sites excluding steroid dienone is 1. The quantitative estimate of drug-likeness (QED) is 0.360. The Balaban J connectivity index is 1.54. The second-order valence-corrected chi connectivity index (χ2v) is 13.0. The fraction of sp³-hybridized carbons (Fsp3) is 0.926. The molecule has 0 amide bonds. The highest BCUT2D eigenvalue weighted by atomic mass is 35.5. The maximum absolute atomic E-state index is 6.93. The number of hydrogen-bond acceptors (Lipinski definition) is 1. The molecule has 0 unspecified atom stereocenters. The molecule has 166 valence electrons. The lowest BCUT2D eigenvalue weighted by Crippen LogP contribution is -2.56. The fourth-order valence-corrected chi connectivity index (χ4v) is 8.99. The highest BCUT2D eigenvalue weighted by molar-refractivity contribution is 6.20. The van der Waals surface area contributed by atoms with E-state index in [1.54, 1.807) is 5.57 Å². The topological polar surface area (TPSA) is 26.0 Å². The van der Waals surface area contributed by atoms with Crippen LogP contribution >= 0.6 is 11.6 Å². The van der Waals surface area contributed by atoms with E-state index < -0.39 is 0 Å². The van der Waals surface area contributed by atoms with Crippen LogP contribution in [-0.2, 0) is 0 Å². The van der Waals surface area contributed by atoms with Gasteiger partial charge in [0, 0.05) is 11.4 Å². The third-order valence-corrected chi connectivity index (χ3v) is 10.7. The molecule has 0 aromatic heterocycles. The number of alkyl halides is 1. The summed E-state index contributed by atoms with van der Waals surface area (Å²) in [5.41, 5.74) is 9.42. The number of hydrogen-bond donors (Lipinski definition) is 1. The van der Waals surface area contributed by atoms with Crippen LogP contribution in [0.2, 0.25) is 0 Å². The van der Waals surface area contributed by atoms with E-state index in [9.17, 15) is 0 Å². The van der Waals surface area contributed by atoms with Crippen molar-refractivity contribution in [2.45, 2.75) is 110 Å². The zero-order chi connectivity index (χ0) is 21.0. The average molecular weight is 420 g/mol. The van der Waals surface area contributed by atoms with Gasteiger partial charge >= 0.3 is 0 Å². The molecule has 29 heavy (non-hydrogen) atoms. The highest BCUT2D eigenvalue weighted by Gasteiger charge is 2.60. The van der Waals surface area contributed by atoms with Gasteiger partial charge in [-0.05, 0) is 91.3 Å². The van der Waals surface area contributed by atoms with Crippen LogP contribution in [0.3, 0.4) is 0 Å². The van der Waals surface area contributed by atoms with Crippen LogP contribution in [0.25, 0.3) is 0 Å². The second kappa shape index (κ2) is 8.16. The van der Waals surface area contributed by atoms with Gasteiger partial charge in [-0.3, -0.25) is 0 Å². The molecule has 9 atom stereocenters. The Labute approximate surface area is 185 Å². The molecular formula is C27H46ClN. The van der Waals surface area contributed by atoms with E-state index in [0.717, 1.165) is 36.0 Å². The van der Waals surface area contributed by atoms with Gasteiger partial charge < -0.3 is 5.73 Å². The van der Waals surface area contributed by atoms with Crippen LogP contribution < -0.4 is 5.73 Å². The summed E-state index contributed by atoms with van der Waals surface area (Å²) < 4.78 is 0. The number of halogens is 1. The van der Waals surface area contributed by atoms with Gasteiger partial charge in [0.1, 0.15) is 0 Å². The van der Waals surface area contributed by atoms with Crippen molar-refractivity contribution < 1.29 is 0 Å². The lowest BCUT2D eigenvalue weighted by Gasteiger charge is -2.60. The van der Waals surface area contributed by atoms with E-state index in [4.69, 9.17) is 17.3 Å². The van der Waals surface area contributed by atoms with Gasteiger partial charge in [0.2, 0.25) is 0 Å². The number of fused-ring (bicyclic) bond motifs is 5. The van der Waals surface area contributed by atoms with Crippen molar-refractivity contribution in [3.05, 3.63) is 11.6 Å². The second-order valence-electron chi connectivity index (χ2n) is 12.3. The first-order chi connectivity index (χ1) is 13.7. The molecule has 2 N–H and O–H groups in total. The fourth-order valence-electron chi connectivity index (χ4n) is 8.72. The molecule has 0 aromatic rings. The Hall–Kier alpha value is -0.0100. The molecular weight excluding hydrogens is 374 g/mol. The molecule has 4 rings (SSSR count). The number of nitrogens with two attached hydrogens (primary N) is 1. The molecule has 0 aliphatic heterocycles. The zero-order valence-corrected chi connectivity index (χ0v) is 20.5. The lowest BCUT2D eigenvalue weighted by molar-refractivity contribution is -0.0561. The van der Waals surface area contributed by atoms with Gasteiger partial charge in [0.05, 0.1) is 0 Å². The van der Waals surface area contributed by atoms with Gasteiger partial charge in [-0.25, -0.2) is 0 Å². The summed E-state index contributed by atoms with van der Waals surface area (Å²) >= 11 is 6.57. The van der Waals surface area contributed by atoms with Crippen LogP contribution in [0.15, 0.2) is 11.6 Å². The first kappa shape index (κ1) is 22.2. The molecule has 2 heteroatoms. The van der Waals surface area contributed by atoms with Crippen molar-refractivity contribution in [3.8, 4) is 0 Å². The van der Waals surface area contributed by atoms with Crippen molar-refractivity contribution in [2.75, 3.05) is 0 Å². The maximum Gasteiger partial charge on any atom is 0.0373 e. The van der Waals surface area contributed by atoms with Gasteiger partial charge in [0.25, 0.3) is 0 Å². The maximum atomic E-state index is 6.93. The van der Waals surface area contributed by atoms with Crippen molar-refractivity contribution in [2.24, 2.45) is 52.1 Å². The summed E-state index contributed by atoms with van der Waals surface area (Å²) in [6.07, 6.45) is 15.9. The third kappa shape index (κ3) is 3.75. The molecule has 0 bridgehead atoms. The minimum absolute atomic E-state index is 0.254. The molecule has 1 nitrogen and oxygen atoms in total. The Bertz CT molecular complexity index is 626. The van der Waals surface area contributed by atoms with E-state index in [1.807, 2.05) is 0 Å². The van der Waals surface area contributed by atoms with E-state index in [-0.39, 0.29) is 6.04 Å². The van der Waals surface area contributed by atoms with Gasteiger partial charge in [-0.1, -0.05) is 65.5 Å². The predicted octanol–water partition coefficient (Wildman–Crippen LogP) is 7.57. The monoisotopic (exact) mass is 419 g/mol. The third-order valence-electron chi connectivity index (χ3n) is 10.3. The summed E-state index contributed by atoms with van der Waals surface area (Å²) in [5.74, 6) is 4.93. The average Bonchev–Trinajstić information content (AvgIpc) is 3.00. The standard InChI is InChI=1S/C27H46ClN/c1-17(2)7-6-8-18(3)21-9-10-22-25-23(12-14-27(21,22)5)26(4)13-11-20(28)15-19(26)16-24(25)29/h16-18,20-25H,6-15,29H2,1-5H3/t18-,20-,21+,22-,23-,24+,25-,26-,27+/m0/s1. The zero-order valence-electron chi connectivity index (χ0n) is 19.7. The van der Waals surface area contributed by atoms with E-state index in [0.29, 0.717) is 22.1 Å². The van der Waals surface area contributed by atoms with Crippen molar-refractivity contribution in [1.29, 1.82) is 0 Å². The highest BCUT2D eigenvalue weighted by Crippen LogP contribution is 2.67. The van der Waals surface area contributed by atoms with Crippen LogP contribution in [0.1, 0.15) is 98.8 Å². The molecule has 0 aromatic carbocycles. The Kier molecular flexibility index (Phi) is 6.24.